The van der Waals surface area contributed by atoms with E-state index in [1.54, 1.807) is 29.2 Å². The summed E-state index contributed by atoms with van der Waals surface area (Å²) in [7, 11) is 2.99. The molecule has 3 aliphatic heterocycles. The Morgan fingerprint density at radius 1 is 0.837 bits per heavy atom. The molecule has 12 heteroatoms. The standard InChI is InChI=1S/C31H36N4O8/c1-40-23-13-18-20(33-27(36)6-7-31(8-9-31)17-32-28(18)37)15-25(23)42-11-4-12-43-26-16-21-19(14-24(26)41-2)30(39)35-10-3-5-22(35)29(38)34-21/h13-16,22H,3-12,17H2,1-2H3,(H,32,37)(H,33,36)(H,34,38)/t22-/m0/s1. The van der Waals surface area contributed by atoms with Gasteiger partial charge in [0, 0.05) is 38.1 Å². The minimum absolute atomic E-state index is 0.0325. The van der Waals surface area contributed by atoms with E-state index >= 15 is 0 Å². The van der Waals surface area contributed by atoms with Gasteiger partial charge in [-0.1, -0.05) is 0 Å². The molecule has 2 fully saturated rings. The SMILES string of the molecule is COc1cc2c(cc1OCCCOc1cc3c(cc1OC)C(=O)N1CCC[C@H]1C(=O)N3)NC(=O)CCC1(CC1)CNC2=O. The van der Waals surface area contributed by atoms with E-state index in [9.17, 15) is 19.2 Å². The zero-order chi connectivity index (χ0) is 30.1. The number of methoxy groups -OCH3 is 2. The Morgan fingerprint density at radius 2 is 1.49 bits per heavy atom. The molecule has 43 heavy (non-hydrogen) atoms. The van der Waals surface area contributed by atoms with Gasteiger partial charge in [-0.05, 0) is 49.7 Å². The maximum absolute atomic E-state index is 13.1. The van der Waals surface area contributed by atoms with Crippen LogP contribution in [0, 0.1) is 5.41 Å². The van der Waals surface area contributed by atoms with Gasteiger partial charge in [0.2, 0.25) is 11.8 Å². The first-order valence-electron chi connectivity index (χ1n) is 14.7. The molecule has 0 bridgehead atoms. The summed E-state index contributed by atoms with van der Waals surface area (Å²) in [5.41, 5.74) is 1.49. The Balaban J connectivity index is 1.11. The fraction of sp³-hybridized carbons (Fsp3) is 0.484. The van der Waals surface area contributed by atoms with E-state index < -0.39 is 6.04 Å². The Morgan fingerprint density at radius 3 is 2.14 bits per heavy atom. The van der Waals surface area contributed by atoms with Crippen molar-refractivity contribution in [3.8, 4) is 23.0 Å². The minimum atomic E-state index is -0.465. The number of ether oxygens (including phenoxy) is 4. The third-order valence-corrected chi connectivity index (χ3v) is 8.70. The summed E-state index contributed by atoms with van der Waals surface area (Å²) in [5.74, 6) is 0.720. The highest BCUT2D eigenvalue weighted by Gasteiger charge is 2.43. The molecule has 2 aromatic rings. The number of nitrogens with one attached hydrogen (secondary N) is 3. The Hall–Kier alpha value is -4.48. The normalized spacial score (nSPS) is 20.5. The summed E-state index contributed by atoms with van der Waals surface area (Å²) in [6, 6.07) is 5.95. The summed E-state index contributed by atoms with van der Waals surface area (Å²) in [4.78, 5) is 53.1. The third kappa shape index (κ3) is 5.78. The van der Waals surface area contributed by atoms with Gasteiger partial charge < -0.3 is 39.8 Å². The Kier molecular flexibility index (Phi) is 7.76. The molecule has 1 atom stereocenters. The van der Waals surface area contributed by atoms with E-state index in [0.717, 1.165) is 25.7 Å². The number of anilines is 2. The van der Waals surface area contributed by atoms with Gasteiger partial charge in [0.25, 0.3) is 11.8 Å². The number of fused-ring (bicyclic) bond motifs is 3. The number of hydrogen-bond acceptors (Lipinski definition) is 8. The molecule has 3 N–H and O–H groups in total. The van der Waals surface area contributed by atoms with Crippen molar-refractivity contribution in [1.82, 2.24) is 10.2 Å². The van der Waals surface area contributed by atoms with Crippen LogP contribution < -0.4 is 34.9 Å². The van der Waals surface area contributed by atoms with Gasteiger partial charge >= 0.3 is 0 Å². The van der Waals surface area contributed by atoms with Crippen LogP contribution in [0.3, 0.4) is 0 Å². The highest BCUT2D eigenvalue weighted by atomic mass is 16.5. The van der Waals surface area contributed by atoms with E-state index in [1.807, 2.05) is 0 Å². The summed E-state index contributed by atoms with van der Waals surface area (Å²) in [6.45, 7) is 1.60. The Labute approximate surface area is 249 Å². The van der Waals surface area contributed by atoms with Crippen LogP contribution in [-0.2, 0) is 9.59 Å². The molecule has 0 unspecified atom stereocenters. The quantitative estimate of drug-likeness (QED) is 0.396. The van der Waals surface area contributed by atoms with Crippen molar-refractivity contribution in [2.45, 2.75) is 51.0 Å². The molecule has 228 valence electrons. The maximum atomic E-state index is 13.1. The van der Waals surface area contributed by atoms with Crippen LogP contribution in [0.2, 0.25) is 0 Å². The number of nitrogens with zero attached hydrogens (tertiary/aromatic N) is 1. The van der Waals surface area contributed by atoms with Gasteiger partial charge in [0.05, 0.1) is 49.9 Å². The van der Waals surface area contributed by atoms with Crippen LogP contribution in [0.4, 0.5) is 11.4 Å². The monoisotopic (exact) mass is 592 g/mol. The molecule has 12 nitrogen and oxygen atoms in total. The molecule has 1 saturated heterocycles. The average molecular weight is 593 g/mol. The van der Waals surface area contributed by atoms with E-state index in [2.05, 4.69) is 16.0 Å². The van der Waals surface area contributed by atoms with Crippen molar-refractivity contribution in [3.63, 3.8) is 0 Å². The molecule has 3 heterocycles. The van der Waals surface area contributed by atoms with Crippen molar-refractivity contribution < 1.29 is 38.1 Å². The fourth-order valence-corrected chi connectivity index (χ4v) is 5.96. The first kappa shape index (κ1) is 28.6. The predicted molar refractivity (Wildman–Crippen MR) is 156 cm³/mol. The van der Waals surface area contributed by atoms with Gasteiger partial charge in [0.1, 0.15) is 6.04 Å². The number of benzene rings is 2. The fourth-order valence-electron chi connectivity index (χ4n) is 5.96. The molecule has 6 rings (SSSR count). The summed E-state index contributed by atoms with van der Waals surface area (Å²) in [6.07, 6.45) is 5.06. The van der Waals surface area contributed by atoms with Crippen LogP contribution >= 0.6 is 0 Å². The lowest BCUT2D eigenvalue weighted by molar-refractivity contribution is -0.119. The second kappa shape index (κ2) is 11.7. The molecule has 1 saturated carbocycles. The second-order valence-electron chi connectivity index (χ2n) is 11.5. The van der Waals surface area contributed by atoms with Crippen LogP contribution in [0.15, 0.2) is 24.3 Å². The second-order valence-corrected chi connectivity index (χ2v) is 11.5. The van der Waals surface area contributed by atoms with Gasteiger partial charge in [-0.2, -0.15) is 0 Å². The largest absolute Gasteiger partial charge is 0.493 e. The first-order valence-corrected chi connectivity index (χ1v) is 14.7. The highest BCUT2D eigenvalue weighted by Crippen LogP contribution is 2.49. The molecule has 4 amide bonds. The van der Waals surface area contributed by atoms with Gasteiger partial charge in [-0.3, -0.25) is 19.2 Å². The van der Waals surface area contributed by atoms with Crippen molar-refractivity contribution in [2.75, 3.05) is 51.2 Å². The smallest absolute Gasteiger partial charge is 0.256 e. The summed E-state index contributed by atoms with van der Waals surface area (Å²) in [5, 5.41) is 8.75. The molecule has 2 aromatic carbocycles. The maximum Gasteiger partial charge on any atom is 0.256 e. The van der Waals surface area contributed by atoms with E-state index in [4.69, 9.17) is 18.9 Å². The van der Waals surface area contributed by atoms with E-state index in [-0.39, 0.29) is 42.3 Å². The van der Waals surface area contributed by atoms with Gasteiger partial charge in [0.15, 0.2) is 23.0 Å². The predicted octanol–water partition coefficient (Wildman–Crippen LogP) is 3.35. The summed E-state index contributed by atoms with van der Waals surface area (Å²) >= 11 is 0. The molecule has 0 aromatic heterocycles. The summed E-state index contributed by atoms with van der Waals surface area (Å²) < 4.78 is 22.9. The molecule has 0 radical (unpaired) electrons. The lowest BCUT2D eigenvalue weighted by Gasteiger charge is -2.21. The van der Waals surface area contributed by atoms with Crippen molar-refractivity contribution in [2.24, 2.45) is 5.41 Å². The zero-order valence-electron chi connectivity index (χ0n) is 24.4. The Bertz CT molecular complexity index is 1470. The van der Waals surface area contributed by atoms with Crippen LogP contribution in [0.5, 0.6) is 23.0 Å². The minimum Gasteiger partial charge on any atom is -0.493 e. The van der Waals surface area contributed by atoms with Crippen LogP contribution in [0.1, 0.15) is 65.7 Å². The molecular formula is C31H36N4O8. The van der Waals surface area contributed by atoms with Crippen LogP contribution in [-0.4, -0.2) is 75.1 Å². The number of carbonyl (C=O) groups is 4. The van der Waals surface area contributed by atoms with E-state index in [0.29, 0.717) is 77.9 Å². The van der Waals surface area contributed by atoms with E-state index in [1.165, 1.54) is 14.2 Å². The molecule has 4 aliphatic rings. The topological polar surface area (TPSA) is 145 Å². The molecule has 1 spiro atoms. The van der Waals surface area contributed by atoms with Crippen molar-refractivity contribution in [1.29, 1.82) is 0 Å². The van der Waals surface area contributed by atoms with Crippen LogP contribution in [0.25, 0.3) is 0 Å². The lowest BCUT2D eigenvalue weighted by Crippen LogP contribution is -2.40. The van der Waals surface area contributed by atoms with Gasteiger partial charge in [-0.15, -0.1) is 0 Å². The van der Waals surface area contributed by atoms with Crippen molar-refractivity contribution in [3.05, 3.63) is 35.4 Å². The zero-order valence-corrected chi connectivity index (χ0v) is 24.4. The first-order chi connectivity index (χ1) is 20.8. The van der Waals surface area contributed by atoms with Gasteiger partial charge in [-0.25, -0.2) is 0 Å². The third-order valence-electron chi connectivity index (χ3n) is 8.70. The lowest BCUT2D eigenvalue weighted by atomic mass is 9.98. The highest BCUT2D eigenvalue weighted by molar-refractivity contribution is 6.10. The number of rotatable bonds is 8. The van der Waals surface area contributed by atoms with Crippen molar-refractivity contribution >= 4 is 35.0 Å². The molecular weight excluding hydrogens is 556 g/mol. The number of carbonyl (C=O) groups excluding carboxylic acids is 4. The molecule has 1 aliphatic carbocycles. The number of amides is 4. The average Bonchev–Trinajstić information content (AvgIpc) is 3.62. The number of hydrogen-bond donors (Lipinski definition) is 3.